The fourth-order valence-electron chi connectivity index (χ4n) is 4.01. The van der Waals surface area contributed by atoms with Gasteiger partial charge >= 0.3 is 0 Å². The van der Waals surface area contributed by atoms with Crippen LogP contribution in [0.4, 0.5) is 5.69 Å². The standard InChI is InChI=1S/C22H21BrClN3O2/c1-12(2)26-18(23)10-16-21(26)20(14-5-7-15(24)8-6-14)27(22(16)29)17-11-25(4)19(28)9-13(17)3/h5-12,20H,1-4H3. The molecule has 150 valence electrons. The number of halogens is 2. The number of anilines is 1. The predicted molar refractivity (Wildman–Crippen MR) is 119 cm³/mol. The van der Waals surface area contributed by atoms with E-state index >= 15 is 0 Å². The van der Waals surface area contributed by atoms with E-state index in [1.165, 1.54) is 4.57 Å². The van der Waals surface area contributed by atoms with Gasteiger partial charge in [0.15, 0.2) is 0 Å². The van der Waals surface area contributed by atoms with Gasteiger partial charge in [0, 0.05) is 30.4 Å². The minimum absolute atomic E-state index is 0.0817. The Balaban J connectivity index is 2.00. The molecule has 0 fully saturated rings. The molecule has 29 heavy (non-hydrogen) atoms. The Morgan fingerprint density at radius 1 is 1.10 bits per heavy atom. The lowest BCUT2D eigenvalue weighted by Gasteiger charge is -2.29. The van der Waals surface area contributed by atoms with E-state index in [1.54, 1.807) is 24.2 Å². The molecular weight excluding hydrogens is 454 g/mol. The average Bonchev–Trinajstić information content (AvgIpc) is 3.12. The number of hydrogen-bond acceptors (Lipinski definition) is 2. The van der Waals surface area contributed by atoms with Crippen LogP contribution >= 0.6 is 27.5 Å². The molecule has 1 aliphatic heterocycles. The third-order valence-electron chi connectivity index (χ3n) is 5.36. The Hall–Kier alpha value is -2.31. The normalized spacial score (nSPS) is 16.0. The van der Waals surface area contributed by atoms with Gasteiger partial charge in [-0.15, -0.1) is 0 Å². The second kappa shape index (κ2) is 7.18. The zero-order valence-corrected chi connectivity index (χ0v) is 19.0. The first kappa shape index (κ1) is 20.0. The van der Waals surface area contributed by atoms with E-state index in [2.05, 4.69) is 34.3 Å². The Labute approximate surface area is 182 Å². The van der Waals surface area contributed by atoms with Crippen molar-refractivity contribution in [1.29, 1.82) is 0 Å². The van der Waals surface area contributed by atoms with E-state index in [1.807, 2.05) is 37.3 Å². The van der Waals surface area contributed by atoms with Gasteiger partial charge in [-0.2, -0.15) is 0 Å². The van der Waals surface area contributed by atoms with Crippen molar-refractivity contribution in [2.75, 3.05) is 4.90 Å². The van der Waals surface area contributed by atoms with Crippen LogP contribution in [0.15, 0.2) is 52.0 Å². The number of aryl methyl sites for hydroxylation is 2. The number of rotatable bonds is 3. The second-order valence-electron chi connectivity index (χ2n) is 7.65. The average molecular weight is 475 g/mol. The first-order chi connectivity index (χ1) is 13.7. The second-order valence-corrected chi connectivity index (χ2v) is 8.90. The lowest BCUT2D eigenvalue weighted by atomic mass is 10.0. The summed E-state index contributed by atoms with van der Waals surface area (Å²) in [6, 6.07) is 10.9. The van der Waals surface area contributed by atoms with Gasteiger partial charge < -0.3 is 9.13 Å². The molecule has 0 bridgehead atoms. The van der Waals surface area contributed by atoms with Crippen molar-refractivity contribution in [2.45, 2.75) is 32.9 Å². The van der Waals surface area contributed by atoms with Crippen LogP contribution in [0, 0.1) is 6.92 Å². The Kier molecular flexibility index (Phi) is 4.95. The molecule has 3 heterocycles. The minimum atomic E-state index is -0.320. The van der Waals surface area contributed by atoms with E-state index in [4.69, 9.17) is 11.6 Å². The van der Waals surface area contributed by atoms with Crippen molar-refractivity contribution < 1.29 is 4.79 Å². The minimum Gasteiger partial charge on any atom is -0.334 e. The molecule has 5 nitrogen and oxygen atoms in total. The summed E-state index contributed by atoms with van der Waals surface area (Å²) in [5, 5.41) is 0.642. The van der Waals surface area contributed by atoms with Gasteiger partial charge in [-0.3, -0.25) is 14.5 Å². The fraction of sp³-hybridized carbons (Fsp3) is 0.273. The third-order valence-corrected chi connectivity index (χ3v) is 6.23. The van der Waals surface area contributed by atoms with Gasteiger partial charge in [-0.25, -0.2) is 0 Å². The van der Waals surface area contributed by atoms with E-state index in [-0.39, 0.29) is 23.6 Å². The summed E-state index contributed by atoms with van der Waals surface area (Å²) >= 11 is 9.74. The Bertz CT molecular complexity index is 1180. The number of nitrogens with zero attached hydrogens (tertiary/aromatic N) is 3. The van der Waals surface area contributed by atoms with Crippen LogP contribution in [0.25, 0.3) is 0 Å². The molecule has 0 spiro atoms. The summed E-state index contributed by atoms with van der Waals surface area (Å²) in [4.78, 5) is 27.4. The molecule has 1 aromatic carbocycles. The monoisotopic (exact) mass is 473 g/mol. The van der Waals surface area contributed by atoms with Crippen molar-refractivity contribution in [3.05, 3.63) is 85.0 Å². The molecule has 1 aliphatic rings. The van der Waals surface area contributed by atoms with Crippen LogP contribution in [0.2, 0.25) is 5.02 Å². The summed E-state index contributed by atoms with van der Waals surface area (Å²) in [5.41, 5.74) is 3.95. The number of hydrogen-bond donors (Lipinski definition) is 0. The summed E-state index contributed by atoms with van der Waals surface area (Å²) in [5.74, 6) is -0.0817. The van der Waals surface area contributed by atoms with Crippen LogP contribution < -0.4 is 10.5 Å². The van der Waals surface area contributed by atoms with Gasteiger partial charge in [0.1, 0.15) is 6.04 Å². The number of carbonyl (C=O) groups excluding carboxylic acids is 1. The van der Waals surface area contributed by atoms with Gasteiger partial charge in [0.2, 0.25) is 0 Å². The van der Waals surface area contributed by atoms with Gasteiger partial charge in [0.25, 0.3) is 11.5 Å². The first-order valence-electron chi connectivity index (χ1n) is 9.37. The molecule has 0 aliphatic carbocycles. The summed E-state index contributed by atoms with van der Waals surface area (Å²) in [6.07, 6.45) is 1.74. The number of amides is 1. The van der Waals surface area contributed by atoms with Crippen molar-refractivity contribution in [1.82, 2.24) is 9.13 Å². The fourth-order valence-corrected chi connectivity index (χ4v) is 4.97. The number of fused-ring (bicyclic) bond motifs is 1. The summed E-state index contributed by atoms with van der Waals surface area (Å²) in [6.45, 7) is 6.04. The molecule has 0 radical (unpaired) electrons. The van der Waals surface area contributed by atoms with Crippen LogP contribution in [-0.4, -0.2) is 15.0 Å². The van der Waals surface area contributed by atoms with E-state index in [0.29, 0.717) is 10.6 Å². The van der Waals surface area contributed by atoms with Crippen LogP contribution in [-0.2, 0) is 7.05 Å². The van der Waals surface area contributed by atoms with Crippen LogP contribution in [0.5, 0.6) is 0 Å². The topological polar surface area (TPSA) is 47.2 Å². The Morgan fingerprint density at radius 3 is 2.38 bits per heavy atom. The summed E-state index contributed by atoms with van der Waals surface area (Å²) < 4.78 is 4.52. The highest BCUT2D eigenvalue weighted by molar-refractivity contribution is 9.10. The first-order valence-corrected chi connectivity index (χ1v) is 10.5. The third kappa shape index (κ3) is 3.15. The van der Waals surface area contributed by atoms with Crippen molar-refractivity contribution in [3.63, 3.8) is 0 Å². The van der Waals surface area contributed by atoms with Gasteiger partial charge in [-0.1, -0.05) is 23.7 Å². The molecule has 4 rings (SSSR count). The largest absolute Gasteiger partial charge is 0.334 e. The number of pyridine rings is 1. The van der Waals surface area contributed by atoms with Gasteiger partial charge in [-0.05, 0) is 66.0 Å². The Morgan fingerprint density at radius 2 is 1.76 bits per heavy atom. The maximum Gasteiger partial charge on any atom is 0.261 e. The number of benzene rings is 1. The van der Waals surface area contributed by atoms with E-state index in [9.17, 15) is 9.59 Å². The molecule has 0 saturated heterocycles. The quantitative estimate of drug-likeness (QED) is 0.521. The van der Waals surface area contributed by atoms with Crippen LogP contribution in [0.3, 0.4) is 0 Å². The van der Waals surface area contributed by atoms with E-state index in [0.717, 1.165) is 27.1 Å². The van der Waals surface area contributed by atoms with Crippen molar-refractivity contribution in [3.8, 4) is 0 Å². The lowest BCUT2D eigenvalue weighted by Crippen LogP contribution is -2.32. The van der Waals surface area contributed by atoms with Crippen molar-refractivity contribution in [2.24, 2.45) is 7.05 Å². The maximum atomic E-state index is 13.6. The molecule has 1 atom stereocenters. The molecule has 2 aromatic heterocycles. The molecule has 0 N–H and O–H groups in total. The maximum absolute atomic E-state index is 13.6. The number of aromatic nitrogens is 2. The molecule has 1 unspecified atom stereocenters. The van der Waals surface area contributed by atoms with Crippen molar-refractivity contribution >= 4 is 39.1 Å². The highest BCUT2D eigenvalue weighted by atomic mass is 79.9. The summed E-state index contributed by atoms with van der Waals surface area (Å²) in [7, 11) is 1.70. The zero-order chi connectivity index (χ0) is 21.0. The molecular formula is C22H21BrClN3O2. The van der Waals surface area contributed by atoms with Crippen LogP contribution in [0.1, 0.15) is 53.1 Å². The predicted octanol–water partition coefficient (Wildman–Crippen LogP) is 5.24. The van der Waals surface area contributed by atoms with E-state index < -0.39 is 0 Å². The molecule has 0 saturated carbocycles. The number of carbonyl (C=O) groups is 1. The highest BCUT2D eigenvalue weighted by Gasteiger charge is 2.43. The smallest absolute Gasteiger partial charge is 0.261 e. The van der Waals surface area contributed by atoms with Gasteiger partial charge in [0.05, 0.1) is 21.5 Å². The molecule has 7 heteroatoms. The molecule has 1 amide bonds. The molecule has 3 aromatic rings. The zero-order valence-electron chi connectivity index (χ0n) is 16.6. The SMILES string of the molecule is Cc1cc(=O)n(C)cc1N1C(=O)c2cc(Br)n(C(C)C)c2C1c1ccc(Cl)cc1. The highest BCUT2D eigenvalue weighted by Crippen LogP contribution is 2.45. The lowest BCUT2D eigenvalue weighted by molar-refractivity contribution is 0.0993.